The summed E-state index contributed by atoms with van der Waals surface area (Å²) in [6.45, 7) is 43.6. The largest absolute Gasteiger partial charge is 0.507 e. The van der Waals surface area contributed by atoms with Gasteiger partial charge in [0, 0.05) is 43.6 Å². The van der Waals surface area contributed by atoms with Gasteiger partial charge < -0.3 is 9.67 Å². The maximum atomic E-state index is 12.6. The van der Waals surface area contributed by atoms with Gasteiger partial charge in [-0.3, -0.25) is 9.97 Å². The second-order valence-corrected chi connectivity index (χ2v) is 29.3. The Kier molecular flexibility index (Phi) is 15.5. The number of para-hydroxylation sites is 2. The number of rotatable bonds is 9. The first-order valence-corrected chi connectivity index (χ1v) is 30.3. The zero-order valence-electron chi connectivity index (χ0n) is 53.3. The number of nitrogens with zero attached hydrogens (tertiary/aromatic N) is 3. The van der Waals surface area contributed by atoms with E-state index in [4.69, 9.17) is 9.97 Å². The van der Waals surface area contributed by atoms with Gasteiger partial charge in [-0.15, -0.1) is 23.8 Å². The molecule has 0 spiro atoms. The van der Waals surface area contributed by atoms with E-state index in [9.17, 15) is 5.11 Å². The van der Waals surface area contributed by atoms with E-state index >= 15 is 0 Å². The number of aryl methyl sites for hydroxylation is 2. The summed E-state index contributed by atoms with van der Waals surface area (Å²) in [7, 11) is 0. The van der Waals surface area contributed by atoms with Crippen molar-refractivity contribution in [1.82, 2.24) is 14.5 Å². The first kappa shape index (κ1) is 60.3. The van der Waals surface area contributed by atoms with Crippen molar-refractivity contribution < 1.29 is 26.2 Å². The molecule has 0 atom stereocenters. The summed E-state index contributed by atoms with van der Waals surface area (Å²) in [4.78, 5) is 11.3. The molecule has 1 aliphatic rings. The topological polar surface area (TPSA) is 50.9 Å². The van der Waals surface area contributed by atoms with Crippen LogP contribution in [0.5, 0.6) is 5.75 Å². The number of benzene rings is 8. The number of imidazole rings is 1. The average Bonchev–Trinajstić information content (AvgIpc) is 1.42. The van der Waals surface area contributed by atoms with Crippen molar-refractivity contribution in [3.63, 3.8) is 0 Å². The first-order valence-electron chi connectivity index (χ1n) is 30.3. The third-order valence-corrected chi connectivity index (χ3v) is 17.9. The molecule has 10 aromatic rings. The number of aromatic hydroxyl groups is 1. The summed E-state index contributed by atoms with van der Waals surface area (Å²) in [5.74, 6) is 1.48. The minimum absolute atomic E-state index is 0. The van der Waals surface area contributed by atoms with Crippen molar-refractivity contribution in [2.75, 3.05) is 0 Å². The van der Waals surface area contributed by atoms with Gasteiger partial charge >= 0.3 is 0 Å². The molecule has 0 radical (unpaired) electrons. The van der Waals surface area contributed by atoms with Crippen LogP contribution in [0.4, 0.5) is 0 Å². The summed E-state index contributed by atoms with van der Waals surface area (Å²) in [5.41, 5.74) is 24.5. The molecule has 0 bridgehead atoms. The Morgan fingerprint density at radius 1 is 0.524 bits per heavy atom. The van der Waals surface area contributed by atoms with Gasteiger partial charge in [-0.2, -0.15) is 0 Å². The van der Waals surface area contributed by atoms with Crippen LogP contribution in [0, 0.1) is 19.9 Å². The van der Waals surface area contributed by atoms with Gasteiger partial charge in [0.25, 0.3) is 0 Å². The summed E-state index contributed by atoms with van der Waals surface area (Å²) in [5, 5.41) is 15.3. The number of phenolic OH excluding ortho intramolecular Hbond substituents is 1. The van der Waals surface area contributed by atoms with Gasteiger partial charge in [-0.1, -0.05) is 214 Å². The summed E-state index contributed by atoms with van der Waals surface area (Å²) in [6, 6.07) is 58.1. The monoisotopic (exact) mass is 1290 g/mol. The molecule has 0 fully saturated rings. The minimum Gasteiger partial charge on any atom is -0.507 e. The van der Waals surface area contributed by atoms with E-state index in [-0.39, 0.29) is 65.7 Å². The first-order chi connectivity index (χ1) is 38.9. The van der Waals surface area contributed by atoms with Crippen LogP contribution in [-0.4, -0.2) is 19.6 Å². The number of phenols is 1. The molecule has 0 saturated carbocycles. The third kappa shape index (κ3) is 11.0. The van der Waals surface area contributed by atoms with E-state index in [1.807, 2.05) is 0 Å². The number of fused-ring (bicyclic) bond motifs is 1. The molecule has 5 heteroatoms. The van der Waals surface area contributed by atoms with E-state index in [0.29, 0.717) is 5.69 Å². The Labute approximate surface area is 516 Å². The van der Waals surface area contributed by atoms with Crippen molar-refractivity contribution in [2.45, 2.75) is 177 Å². The fourth-order valence-electron chi connectivity index (χ4n) is 13.7. The van der Waals surface area contributed by atoms with Gasteiger partial charge in [-0.25, -0.2) is 0 Å². The zero-order valence-corrected chi connectivity index (χ0v) is 55.6. The fraction of sp³-hybridized carbons (Fsp3) is 0.342. The van der Waals surface area contributed by atoms with Gasteiger partial charge in [-0.05, 0) is 191 Å². The normalized spacial score (nSPS) is 14.2. The van der Waals surface area contributed by atoms with Crippen LogP contribution < -0.4 is 0 Å². The molecule has 0 unspecified atom stereocenters. The molecule has 84 heavy (non-hydrogen) atoms. The van der Waals surface area contributed by atoms with Crippen molar-refractivity contribution in [3.8, 4) is 78.7 Å². The smallest absolute Gasteiger partial charge is 0.128 e. The van der Waals surface area contributed by atoms with Crippen molar-refractivity contribution in [1.29, 1.82) is 0 Å². The number of hydrogen-bond donors (Lipinski definition) is 1. The number of aromatic nitrogens is 3. The molecule has 4 nitrogen and oxygen atoms in total. The molecule has 1 aliphatic carbocycles. The minimum atomic E-state index is -0.327. The maximum absolute atomic E-state index is 12.6. The zero-order chi connectivity index (χ0) is 59.6. The Bertz CT molecular complexity index is 4150. The Morgan fingerprint density at radius 3 is 1.70 bits per heavy atom. The van der Waals surface area contributed by atoms with E-state index in [2.05, 4.69) is 288 Å². The van der Waals surface area contributed by atoms with Gasteiger partial charge in [0.2, 0.25) is 0 Å². The second kappa shape index (κ2) is 21.6. The predicted molar refractivity (Wildman–Crippen MR) is 354 cm³/mol. The summed E-state index contributed by atoms with van der Waals surface area (Å²) in [6.07, 6.45) is 1.09. The van der Waals surface area contributed by atoms with Crippen LogP contribution in [0.25, 0.3) is 94.8 Å². The van der Waals surface area contributed by atoms with E-state index in [0.717, 1.165) is 73.5 Å². The predicted octanol–water partition coefficient (Wildman–Crippen LogP) is 21.8. The Balaban J connectivity index is 0.00000786. The number of hydrogen-bond acceptors (Lipinski definition) is 3. The standard InChI is InChI=1S/C79H86N3O.Pt/c1-46(2)60-38-54(53-34-51-28-25-29-63-71(51)64(40-53)79(18,19)45-78(63,16)17)39-61(47(3)4)72(60)82-69-31-24-23-30-66(69)81-74(82)57-35-55(36-58(37-57)75(7,8)9)67-41-56(70-48(5)32-52(33-49(70)6)50-26-21-20-22-27-50)42-68(80-67)62-43-59(76(10,11)12)44-65(73(62)83)77(13,14)15;/h20-34,36-44,46-47,83H,45H2,1-19H3;/q-1;. The second-order valence-electron chi connectivity index (χ2n) is 29.3. The van der Waals surface area contributed by atoms with E-state index < -0.39 is 0 Å². The fourth-order valence-corrected chi connectivity index (χ4v) is 13.7. The average molecular weight is 1290 g/mol. The Morgan fingerprint density at radius 2 is 1.08 bits per heavy atom. The molecule has 2 aromatic heterocycles. The van der Waals surface area contributed by atoms with Crippen molar-refractivity contribution >= 4 is 21.8 Å². The van der Waals surface area contributed by atoms with Crippen LogP contribution >= 0.6 is 0 Å². The molecular weight excluding hydrogens is 1200 g/mol. The maximum Gasteiger partial charge on any atom is 0.128 e. The molecule has 11 rings (SSSR count). The Hall–Kier alpha value is -6.87. The van der Waals surface area contributed by atoms with Crippen molar-refractivity contribution in [3.05, 3.63) is 202 Å². The van der Waals surface area contributed by atoms with Gasteiger partial charge in [0.1, 0.15) is 5.75 Å². The van der Waals surface area contributed by atoms with Crippen LogP contribution in [0.15, 0.2) is 146 Å². The number of pyridine rings is 1. The summed E-state index contributed by atoms with van der Waals surface area (Å²) < 4.78 is 2.45. The molecule has 434 valence electrons. The molecule has 1 N–H and O–H groups in total. The third-order valence-electron chi connectivity index (χ3n) is 17.9. The van der Waals surface area contributed by atoms with E-state index in [1.54, 1.807) is 0 Å². The van der Waals surface area contributed by atoms with E-state index in [1.165, 1.54) is 72.1 Å². The molecule has 0 amide bonds. The van der Waals surface area contributed by atoms with Crippen LogP contribution in [0.3, 0.4) is 0 Å². The van der Waals surface area contributed by atoms with Crippen LogP contribution in [0.2, 0.25) is 0 Å². The van der Waals surface area contributed by atoms with Gasteiger partial charge in [0.15, 0.2) is 0 Å². The quantitative estimate of drug-likeness (QED) is 0.147. The molecule has 0 aliphatic heterocycles. The summed E-state index contributed by atoms with van der Waals surface area (Å²) >= 11 is 0. The van der Waals surface area contributed by atoms with Gasteiger partial charge in [0.05, 0.1) is 22.6 Å². The van der Waals surface area contributed by atoms with Crippen LogP contribution in [-0.2, 0) is 48.1 Å². The molecule has 8 aromatic carbocycles. The molecule has 0 saturated heterocycles. The molecule has 2 heterocycles. The van der Waals surface area contributed by atoms with Crippen molar-refractivity contribution in [2.24, 2.45) is 0 Å². The molecular formula is C79H86N3OPt-. The van der Waals surface area contributed by atoms with Crippen LogP contribution in [0.1, 0.15) is 186 Å². The SMILES string of the molecule is Cc1cc(-c2ccccc2)cc(C)c1-c1cc(-c2[c-]c(-c3nc4ccccc4n3-c3c(C(C)C)cc(-c4cc5c6c(cccc6c4)C(C)(C)CC5(C)C)cc3C(C)C)cc(C(C)(C)C)c2)nc(-c2cc(C(C)(C)C)cc(C(C)(C)C)c2O)c1.[Pt].